The van der Waals surface area contributed by atoms with Gasteiger partial charge in [0.1, 0.15) is 0 Å². The minimum atomic E-state index is 0.0402. The highest BCUT2D eigenvalue weighted by Gasteiger charge is 2.29. The molecule has 0 amide bonds. The summed E-state index contributed by atoms with van der Waals surface area (Å²) in [4.78, 5) is 1.47. The maximum Gasteiger partial charge on any atom is 0.0641 e. The van der Waals surface area contributed by atoms with E-state index in [1.54, 1.807) is 0 Å². The van der Waals surface area contributed by atoms with Gasteiger partial charge in [-0.25, -0.2) is 0 Å². The van der Waals surface area contributed by atoms with E-state index in [4.69, 9.17) is 4.74 Å². The lowest BCUT2D eigenvalue weighted by Crippen LogP contribution is -2.47. The van der Waals surface area contributed by atoms with Crippen LogP contribution in [0.15, 0.2) is 17.5 Å². The molecular formula is C14H23NOS. The van der Waals surface area contributed by atoms with Gasteiger partial charge in [0.2, 0.25) is 0 Å². The van der Waals surface area contributed by atoms with Gasteiger partial charge < -0.3 is 10.1 Å². The largest absolute Gasteiger partial charge is 0.375 e. The van der Waals surface area contributed by atoms with Gasteiger partial charge in [-0.2, -0.15) is 0 Å². The zero-order valence-electron chi connectivity index (χ0n) is 11.0. The number of hydrogen-bond acceptors (Lipinski definition) is 3. The second-order valence-electron chi connectivity index (χ2n) is 5.65. The molecule has 3 heteroatoms. The molecule has 0 aromatic carbocycles. The van der Waals surface area contributed by atoms with Crippen molar-refractivity contribution in [2.75, 3.05) is 6.61 Å². The predicted octanol–water partition coefficient (Wildman–Crippen LogP) is 3.23. The lowest BCUT2D eigenvalue weighted by molar-refractivity contribution is -0.0639. The first-order valence-corrected chi connectivity index (χ1v) is 7.35. The predicted molar refractivity (Wildman–Crippen MR) is 73.7 cm³/mol. The summed E-state index contributed by atoms with van der Waals surface area (Å²) in [5.74, 6) is 0. The Labute approximate surface area is 108 Å². The van der Waals surface area contributed by atoms with Crippen LogP contribution in [0.5, 0.6) is 0 Å². The molecule has 1 saturated heterocycles. The van der Waals surface area contributed by atoms with Crippen molar-refractivity contribution in [2.24, 2.45) is 0 Å². The Bertz CT molecular complexity index is 334. The zero-order chi connectivity index (χ0) is 12.3. The van der Waals surface area contributed by atoms with Gasteiger partial charge in [-0.15, -0.1) is 11.3 Å². The van der Waals surface area contributed by atoms with E-state index in [0.717, 1.165) is 25.9 Å². The van der Waals surface area contributed by atoms with Crippen molar-refractivity contribution in [3.63, 3.8) is 0 Å². The Morgan fingerprint density at radius 3 is 3.06 bits per heavy atom. The van der Waals surface area contributed by atoms with Crippen LogP contribution in [-0.4, -0.2) is 24.3 Å². The van der Waals surface area contributed by atoms with Crippen molar-refractivity contribution < 1.29 is 4.74 Å². The molecule has 0 aliphatic carbocycles. The zero-order valence-corrected chi connectivity index (χ0v) is 11.8. The normalized spacial score (nSPS) is 25.7. The quantitative estimate of drug-likeness (QED) is 0.889. The first kappa shape index (κ1) is 13.1. The Hall–Kier alpha value is -0.380. The van der Waals surface area contributed by atoms with Crippen molar-refractivity contribution in [1.82, 2.24) is 5.32 Å². The summed E-state index contributed by atoms with van der Waals surface area (Å²) in [5, 5.41) is 5.89. The second-order valence-corrected chi connectivity index (χ2v) is 6.68. The molecule has 0 bridgehead atoms. The molecule has 1 aromatic heterocycles. The average Bonchev–Trinajstić information content (AvgIpc) is 2.68. The van der Waals surface area contributed by atoms with Crippen molar-refractivity contribution in [3.05, 3.63) is 22.4 Å². The van der Waals surface area contributed by atoms with Gasteiger partial charge in [0.05, 0.1) is 5.60 Å². The highest BCUT2D eigenvalue weighted by atomic mass is 32.1. The van der Waals surface area contributed by atoms with E-state index < -0.39 is 0 Å². The van der Waals surface area contributed by atoms with Crippen LogP contribution in [0, 0.1) is 0 Å². The topological polar surface area (TPSA) is 21.3 Å². The van der Waals surface area contributed by atoms with Crippen molar-refractivity contribution in [3.8, 4) is 0 Å². The van der Waals surface area contributed by atoms with Gasteiger partial charge in [0.15, 0.2) is 0 Å². The van der Waals surface area contributed by atoms with E-state index in [-0.39, 0.29) is 5.60 Å². The van der Waals surface area contributed by atoms with Crippen LogP contribution >= 0.6 is 11.3 Å². The average molecular weight is 253 g/mol. The smallest absolute Gasteiger partial charge is 0.0641 e. The Balaban J connectivity index is 1.80. The van der Waals surface area contributed by atoms with E-state index in [0.29, 0.717) is 12.1 Å². The molecule has 2 heterocycles. The van der Waals surface area contributed by atoms with Gasteiger partial charge in [-0.3, -0.25) is 0 Å². The van der Waals surface area contributed by atoms with Gasteiger partial charge in [-0.05, 0) is 51.5 Å². The third kappa shape index (κ3) is 4.09. The molecule has 2 rings (SSSR count). The maximum absolute atomic E-state index is 5.75. The third-order valence-electron chi connectivity index (χ3n) is 3.30. The Morgan fingerprint density at radius 1 is 1.59 bits per heavy atom. The molecule has 17 heavy (non-hydrogen) atoms. The molecule has 2 unspecified atom stereocenters. The van der Waals surface area contributed by atoms with Gasteiger partial charge in [0.25, 0.3) is 0 Å². The summed E-state index contributed by atoms with van der Waals surface area (Å²) >= 11 is 1.85. The molecular weight excluding hydrogens is 230 g/mol. The number of rotatable bonds is 4. The van der Waals surface area contributed by atoms with E-state index in [9.17, 15) is 0 Å². The van der Waals surface area contributed by atoms with Crippen LogP contribution in [0.25, 0.3) is 0 Å². The molecule has 0 saturated carbocycles. The monoisotopic (exact) mass is 253 g/mol. The first-order chi connectivity index (χ1) is 8.05. The van der Waals surface area contributed by atoms with E-state index >= 15 is 0 Å². The molecule has 1 fully saturated rings. The van der Waals surface area contributed by atoms with Gasteiger partial charge in [-0.1, -0.05) is 6.07 Å². The standard InChI is InChI=1S/C14H23NOS/c1-11(9-13-5-4-8-17-13)15-12-6-7-16-14(2,3)10-12/h4-5,8,11-12,15H,6-7,9-10H2,1-3H3. The van der Waals surface area contributed by atoms with Crippen LogP contribution in [0.4, 0.5) is 0 Å². The fraction of sp³-hybridized carbons (Fsp3) is 0.714. The Kier molecular flexibility index (Phi) is 4.23. The molecule has 1 aromatic rings. The fourth-order valence-electron chi connectivity index (χ4n) is 2.57. The third-order valence-corrected chi connectivity index (χ3v) is 4.20. The second kappa shape index (κ2) is 5.51. The SMILES string of the molecule is CC(Cc1cccs1)NC1CCOC(C)(C)C1. The lowest BCUT2D eigenvalue weighted by atomic mass is 9.93. The molecule has 0 radical (unpaired) electrons. The Morgan fingerprint density at radius 2 is 2.41 bits per heavy atom. The minimum Gasteiger partial charge on any atom is -0.375 e. The molecule has 0 spiro atoms. The van der Waals surface area contributed by atoms with Gasteiger partial charge >= 0.3 is 0 Å². The summed E-state index contributed by atoms with van der Waals surface area (Å²) < 4.78 is 5.75. The summed E-state index contributed by atoms with van der Waals surface area (Å²) in [6.07, 6.45) is 3.38. The highest BCUT2D eigenvalue weighted by molar-refractivity contribution is 7.09. The van der Waals surface area contributed by atoms with E-state index in [1.807, 2.05) is 11.3 Å². The van der Waals surface area contributed by atoms with Crippen LogP contribution in [0.1, 0.15) is 38.5 Å². The highest BCUT2D eigenvalue weighted by Crippen LogP contribution is 2.24. The summed E-state index contributed by atoms with van der Waals surface area (Å²) in [6, 6.07) is 5.50. The van der Waals surface area contributed by atoms with Gasteiger partial charge in [0, 0.05) is 23.6 Å². The maximum atomic E-state index is 5.75. The number of hydrogen-bond donors (Lipinski definition) is 1. The summed E-state index contributed by atoms with van der Waals surface area (Å²) in [7, 11) is 0. The van der Waals surface area contributed by atoms with Crippen molar-refractivity contribution >= 4 is 11.3 Å². The summed E-state index contributed by atoms with van der Waals surface area (Å²) in [5.41, 5.74) is 0.0402. The molecule has 2 nitrogen and oxygen atoms in total. The molecule has 1 N–H and O–H groups in total. The van der Waals surface area contributed by atoms with Crippen LogP contribution in [-0.2, 0) is 11.2 Å². The molecule has 2 atom stereocenters. The molecule has 1 aliphatic rings. The van der Waals surface area contributed by atoms with E-state index in [1.165, 1.54) is 4.88 Å². The lowest BCUT2D eigenvalue weighted by Gasteiger charge is -2.37. The fourth-order valence-corrected chi connectivity index (χ4v) is 3.40. The van der Waals surface area contributed by atoms with Crippen LogP contribution in [0.2, 0.25) is 0 Å². The van der Waals surface area contributed by atoms with E-state index in [2.05, 4.69) is 43.6 Å². The van der Waals surface area contributed by atoms with Crippen LogP contribution < -0.4 is 5.32 Å². The van der Waals surface area contributed by atoms with Crippen molar-refractivity contribution in [2.45, 2.75) is 57.7 Å². The minimum absolute atomic E-state index is 0.0402. The number of thiophene rings is 1. The van der Waals surface area contributed by atoms with Crippen LogP contribution in [0.3, 0.4) is 0 Å². The number of nitrogens with one attached hydrogen (secondary N) is 1. The van der Waals surface area contributed by atoms with Crippen molar-refractivity contribution in [1.29, 1.82) is 0 Å². The first-order valence-electron chi connectivity index (χ1n) is 6.47. The summed E-state index contributed by atoms with van der Waals surface area (Å²) in [6.45, 7) is 7.54. The molecule has 96 valence electrons. The number of ether oxygens (including phenoxy) is 1. The molecule has 1 aliphatic heterocycles.